The van der Waals surface area contributed by atoms with Crippen LogP contribution in [0.1, 0.15) is 23.1 Å². The molecule has 1 aromatic heterocycles. The number of benzene rings is 3. The van der Waals surface area contributed by atoms with Gasteiger partial charge in [0.15, 0.2) is 11.0 Å². The zero-order chi connectivity index (χ0) is 23.9. The van der Waals surface area contributed by atoms with Gasteiger partial charge in [0.2, 0.25) is 5.91 Å². The maximum atomic E-state index is 12.4. The van der Waals surface area contributed by atoms with Gasteiger partial charge in [0.05, 0.1) is 18.4 Å². The number of rotatable bonds is 9. The second kappa shape index (κ2) is 10.8. The van der Waals surface area contributed by atoms with E-state index >= 15 is 0 Å². The predicted octanol–water partition coefficient (Wildman–Crippen LogP) is 4.55. The number of fused-ring (bicyclic) bond motifs is 1. The van der Waals surface area contributed by atoms with Gasteiger partial charge >= 0.3 is 5.97 Å². The van der Waals surface area contributed by atoms with Crippen LogP contribution in [-0.2, 0) is 22.7 Å². The lowest BCUT2D eigenvalue weighted by atomic mass is 10.1. The molecule has 1 amide bonds. The lowest BCUT2D eigenvalue weighted by molar-refractivity contribution is -0.113. The number of amides is 1. The first-order valence-corrected chi connectivity index (χ1v) is 11.7. The molecule has 0 bridgehead atoms. The number of thioether (sulfide) groups is 1. The molecule has 8 nitrogen and oxygen atoms in total. The molecule has 4 rings (SSSR count). The molecule has 34 heavy (non-hydrogen) atoms. The molecule has 0 spiro atoms. The van der Waals surface area contributed by atoms with Crippen LogP contribution >= 0.6 is 11.8 Å². The van der Waals surface area contributed by atoms with Gasteiger partial charge < -0.3 is 19.4 Å². The molecule has 0 unspecified atom stereocenters. The van der Waals surface area contributed by atoms with E-state index in [1.54, 1.807) is 24.3 Å². The average molecular weight is 477 g/mol. The lowest BCUT2D eigenvalue weighted by Gasteiger charge is -2.11. The number of methoxy groups -OCH3 is 1. The van der Waals surface area contributed by atoms with Gasteiger partial charge in [0.1, 0.15) is 12.4 Å². The third-order valence-corrected chi connectivity index (χ3v) is 6.10. The third-order valence-electron chi connectivity index (χ3n) is 5.14. The van der Waals surface area contributed by atoms with Gasteiger partial charge in [-0.15, -0.1) is 10.2 Å². The molecule has 3 aromatic carbocycles. The first-order valence-electron chi connectivity index (χ1n) is 10.7. The number of carbonyl (C=O) groups excluding carboxylic acids is 2. The van der Waals surface area contributed by atoms with Crippen LogP contribution in [0.5, 0.6) is 5.75 Å². The molecule has 9 heteroatoms. The molecule has 0 aliphatic rings. The summed E-state index contributed by atoms with van der Waals surface area (Å²) in [5.74, 6) is 1.04. The maximum Gasteiger partial charge on any atom is 0.337 e. The number of nitrogens with zero attached hydrogens (tertiary/aromatic N) is 3. The molecule has 0 saturated heterocycles. The molecule has 0 saturated carbocycles. The van der Waals surface area contributed by atoms with Crippen molar-refractivity contribution in [3.8, 4) is 5.75 Å². The molecule has 1 heterocycles. The summed E-state index contributed by atoms with van der Waals surface area (Å²) in [5.41, 5.74) is 1.02. The molecule has 0 aliphatic heterocycles. The number of carbonyl (C=O) groups is 2. The summed E-state index contributed by atoms with van der Waals surface area (Å²) in [4.78, 5) is 23.9. The minimum absolute atomic E-state index is 0.168. The molecule has 4 aromatic rings. The first-order chi connectivity index (χ1) is 16.6. The van der Waals surface area contributed by atoms with Gasteiger partial charge in [-0.1, -0.05) is 48.2 Å². The molecule has 1 N–H and O–H groups in total. The molecule has 0 radical (unpaired) electrons. The summed E-state index contributed by atoms with van der Waals surface area (Å²) in [6, 6.07) is 20.5. The van der Waals surface area contributed by atoms with Crippen molar-refractivity contribution in [2.75, 3.05) is 18.2 Å². The molecule has 0 atom stereocenters. The van der Waals surface area contributed by atoms with Gasteiger partial charge in [-0.2, -0.15) is 0 Å². The Kier molecular flexibility index (Phi) is 7.44. The number of nitrogens with one attached hydrogen (secondary N) is 1. The van der Waals surface area contributed by atoms with Gasteiger partial charge in [-0.05, 0) is 42.6 Å². The monoisotopic (exact) mass is 476 g/mol. The van der Waals surface area contributed by atoms with Crippen molar-refractivity contribution in [2.24, 2.45) is 0 Å². The van der Waals surface area contributed by atoms with Crippen LogP contribution in [0, 0.1) is 0 Å². The van der Waals surface area contributed by atoms with Gasteiger partial charge in [-0.3, -0.25) is 4.79 Å². The Morgan fingerprint density at radius 2 is 1.76 bits per heavy atom. The van der Waals surface area contributed by atoms with E-state index in [9.17, 15) is 9.59 Å². The van der Waals surface area contributed by atoms with Crippen molar-refractivity contribution in [3.05, 3.63) is 78.1 Å². The fraction of sp³-hybridized carbons (Fsp3) is 0.200. The summed E-state index contributed by atoms with van der Waals surface area (Å²) in [5, 5.41) is 14.1. The van der Waals surface area contributed by atoms with Crippen molar-refractivity contribution in [2.45, 2.75) is 25.2 Å². The topological polar surface area (TPSA) is 95.3 Å². The number of ether oxygens (including phenoxy) is 2. The second-order valence-electron chi connectivity index (χ2n) is 7.31. The Labute approximate surface area is 201 Å². The Morgan fingerprint density at radius 1 is 1.00 bits per heavy atom. The fourth-order valence-electron chi connectivity index (χ4n) is 3.45. The molecule has 0 fully saturated rings. The second-order valence-corrected chi connectivity index (χ2v) is 8.26. The van der Waals surface area contributed by atoms with E-state index in [1.807, 2.05) is 54.0 Å². The highest BCUT2D eigenvalue weighted by Gasteiger charge is 2.15. The first kappa shape index (κ1) is 23.3. The summed E-state index contributed by atoms with van der Waals surface area (Å²) < 4.78 is 12.7. The van der Waals surface area contributed by atoms with E-state index in [-0.39, 0.29) is 18.3 Å². The predicted molar refractivity (Wildman–Crippen MR) is 131 cm³/mol. The smallest absolute Gasteiger partial charge is 0.337 e. The van der Waals surface area contributed by atoms with Gasteiger partial charge in [0, 0.05) is 17.6 Å². The summed E-state index contributed by atoms with van der Waals surface area (Å²) in [6.07, 6.45) is 0. The van der Waals surface area contributed by atoms with Crippen molar-refractivity contribution in [1.82, 2.24) is 14.8 Å². The van der Waals surface area contributed by atoms with Crippen LogP contribution in [0.2, 0.25) is 0 Å². The van der Waals surface area contributed by atoms with E-state index in [0.29, 0.717) is 28.8 Å². The van der Waals surface area contributed by atoms with E-state index in [4.69, 9.17) is 4.74 Å². The van der Waals surface area contributed by atoms with Crippen molar-refractivity contribution in [3.63, 3.8) is 0 Å². The summed E-state index contributed by atoms with van der Waals surface area (Å²) in [7, 11) is 1.32. The SMILES string of the molecule is CCn1c(COc2cccc3ccccc23)nnc1SCC(=O)Nc1ccc(C(=O)OC)cc1. The largest absolute Gasteiger partial charge is 0.485 e. The van der Waals surface area contributed by atoms with Crippen LogP contribution in [0.15, 0.2) is 71.9 Å². The summed E-state index contributed by atoms with van der Waals surface area (Å²) in [6.45, 7) is 2.92. The Morgan fingerprint density at radius 3 is 2.53 bits per heavy atom. The number of anilines is 1. The van der Waals surface area contributed by atoms with E-state index in [0.717, 1.165) is 16.5 Å². The van der Waals surface area contributed by atoms with Crippen molar-refractivity contribution >= 4 is 40.1 Å². The normalized spacial score (nSPS) is 10.8. The zero-order valence-corrected chi connectivity index (χ0v) is 19.7. The highest BCUT2D eigenvalue weighted by Crippen LogP contribution is 2.26. The maximum absolute atomic E-state index is 12.4. The van der Waals surface area contributed by atoms with Gasteiger partial charge in [-0.25, -0.2) is 4.79 Å². The van der Waals surface area contributed by atoms with Crippen molar-refractivity contribution < 1.29 is 19.1 Å². The van der Waals surface area contributed by atoms with Crippen molar-refractivity contribution in [1.29, 1.82) is 0 Å². The van der Waals surface area contributed by atoms with Crippen LogP contribution in [0.25, 0.3) is 10.8 Å². The average Bonchev–Trinajstić information content (AvgIpc) is 3.27. The zero-order valence-electron chi connectivity index (χ0n) is 18.9. The number of aromatic nitrogens is 3. The number of hydrogen-bond donors (Lipinski definition) is 1. The third kappa shape index (κ3) is 5.37. The molecule has 0 aliphatic carbocycles. The lowest BCUT2D eigenvalue weighted by Crippen LogP contribution is -2.15. The highest BCUT2D eigenvalue weighted by molar-refractivity contribution is 7.99. The summed E-state index contributed by atoms with van der Waals surface area (Å²) >= 11 is 1.30. The van der Waals surface area contributed by atoms with Crippen LogP contribution in [-0.4, -0.2) is 39.5 Å². The highest BCUT2D eigenvalue weighted by atomic mass is 32.2. The molecular formula is C25H24N4O4S. The standard InChI is InChI=1S/C25H24N4O4S/c1-3-29-22(15-33-21-10-6-8-17-7-4-5-9-20(17)21)27-28-25(29)34-16-23(30)26-19-13-11-18(12-14-19)24(31)32-2/h4-14H,3,15-16H2,1-2H3,(H,26,30). The van der Waals surface area contributed by atoms with Crippen LogP contribution in [0.4, 0.5) is 5.69 Å². The minimum atomic E-state index is -0.424. The molecule has 174 valence electrons. The quantitative estimate of drug-likeness (QED) is 0.280. The van der Waals surface area contributed by atoms with Gasteiger partial charge in [0.25, 0.3) is 0 Å². The van der Waals surface area contributed by atoms with E-state index < -0.39 is 5.97 Å². The van der Waals surface area contributed by atoms with E-state index in [2.05, 4.69) is 20.3 Å². The minimum Gasteiger partial charge on any atom is -0.485 e. The fourth-order valence-corrected chi connectivity index (χ4v) is 4.27. The van der Waals surface area contributed by atoms with Crippen LogP contribution in [0.3, 0.4) is 0 Å². The Balaban J connectivity index is 1.35. The van der Waals surface area contributed by atoms with E-state index in [1.165, 1.54) is 18.9 Å². The number of hydrogen-bond acceptors (Lipinski definition) is 7. The number of esters is 1. The molecular weight excluding hydrogens is 452 g/mol. The Hall–Kier alpha value is -3.85. The Bertz CT molecular complexity index is 1300. The van der Waals surface area contributed by atoms with Crippen LogP contribution < -0.4 is 10.1 Å².